The number of amides is 1. The Morgan fingerprint density at radius 3 is 2.71 bits per heavy atom. The molecule has 0 saturated heterocycles. The van der Waals surface area contributed by atoms with Crippen LogP contribution in [0.2, 0.25) is 5.02 Å². The lowest BCUT2D eigenvalue weighted by atomic mass is 10.2. The third kappa shape index (κ3) is 4.42. The Labute approximate surface area is 149 Å². The molecule has 9 heteroatoms. The number of hydrogen-bond acceptors (Lipinski definition) is 4. The van der Waals surface area contributed by atoms with Gasteiger partial charge in [0.15, 0.2) is 6.10 Å². The van der Waals surface area contributed by atoms with E-state index in [0.717, 1.165) is 18.2 Å². The highest BCUT2D eigenvalue weighted by Crippen LogP contribution is 2.29. The van der Waals surface area contributed by atoms with Gasteiger partial charge in [-0.15, -0.1) is 0 Å². The molecule has 1 atom stereocenters. The van der Waals surface area contributed by atoms with E-state index in [1.54, 1.807) is 18.2 Å². The largest absolute Gasteiger partial charge is 0.480 e. The van der Waals surface area contributed by atoms with Crippen molar-refractivity contribution in [1.29, 1.82) is 0 Å². The number of rotatable bonds is 5. The Morgan fingerprint density at radius 1 is 1.38 bits per heavy atom. The highest BCUT2D eigenvalue weighted by Gasteiger charge is 2.19. The molecule has 0 bridgehead atoms. The highest BCUT2D eigenvalue weighted by atomic mass is 79.9. The molecular formula is C15H11BrClFN2O4. The third-order valence-electron chi connectivity index (χ3n) is 2.99. The summed E-state index contributed by atoms with van der Waals surface area (Å²) in [6.45, 7) is 1.46. The predicted molar refractivity (Wildman–Crippen MR) is 90.9 cm³/mol. The van der Waals surface area contributed by atoms with Crippen molar-refractivity contribution in [2.45, 2.75) is 13.0 Å². The topological polar surface area (TPSA) is 81.5 Å². The van der Waals surface area contributed by atoms with Gasteiger partial charge in [-0.2, -0.15) is 0 Å². The SMILES string of the molecule is CC(Oc1ccc(Cl)cc1Br)C(=O)Nc1cc([N+](=O)[O-])ccc1F. The van der Waals surface area contributed by atoms with Crippen LogP contribution in [0, 0.1) is 15.9 Å². The Morgan fingerprint density at radius 2 is 2.08 bits per heavy atom. The molecule has 0 aliphatic rings. The minimum atomic E-state index is -0.971. The first-order valence-electron chi connectivity index (χ1n) is 6.64. The number of ether oxygens (including phenoxy) is 1. The van der Waals surface area contributed by atoms with Crippen LogP contribution in [0.3, 0.4) is 0 Å². The maximum atomic E-state index is 13.7. The minimum absolute atomic E-state index is 0.292. The summed E-state index contributed by atoms with van der Waals surface area (Å²) in [7, 11) is 0. The zero-order chi connectivity index (χ0) is 17.9. The van der Waals surface area contributed by atoms with Crippen LogP contribution in [0.1, 0.15) is 6.92 Å². The molecule has 0 aliphatic carbocycles. The zero-order valence-corrected chi connectivity index (χ0v) is 14.6. The molecule has 126 valence electrons. The molecule has 6 nitrogen and oxygen atoms in total. The summed E-state index contributed by atoms with van der Waals surface area (Å²) in [4.78, 5) is 22.2. The van der Waals surface area contributed by atoms with Crippen molar-refractivity contribution < 1.29 is 18.8 Å². The van der Waals surface area contributed by atoms with Crippen LogP contribution < -0.4 is 10.1 Å². The van der Waals surface area contributed by atoms with E-state index in [1.807, 2.05) is 0 Å². The van der Waals surface area contributed by atoms with Gasteiger partial charge in [-0.1, -0.05) is 11.6 Å². The molecular weight excluding hydrogens is 407 g/mol. The molecule has 0 spiro atoms. The fraction of sp³-hybridized carbons (Fsp3) is 0.133. The summed E-state index contributed by atoms with van der Waals surface area (Å²) in [5.74, 6) is -1.06. The highest BCUT2D eigenvalue weighted by molar-refractivity contribution is 9.10. The van der Waals surface area contributed by atoms with Gasteiger partial charge in [-0.25, -0.2) is 4.39 Å². The monoisotopic (exact) mass is 416 g/mol. The van der Waals surface area contributed by atoms with Crippen molar-refractivity contribution in [2.75, 3.05) is 5.32 Å². The summed E-state index contributed by atoms with van der Waals surface area (Å²) in [5, 5.41) is 13.5. The average molecular weight is 418 g/mol. The fourth-order valence-electron chi connectivity index (χ4n) is 1.77. The average Bonchev–Trinajstić information content (AvgIpc) is 2.51. The standard InChI is InChI=1S/C15H11BrClFN2O4/c1-8(24-14-5-2-9(17)6-11(14)16)15(21)19-13-7-10(20(22)23)3-4-12(13)18/h2-8H,1H3,(H,19,21). The van der Waals surface area contributed by atoms with Crippen LogP contribution in [0.4, 0.5) is 15.8 Å². The molecule has 24 heavy (non-hydrogen) atoms. The Bertz CT molecular complexity index is 803. The number of carbonyl (C=O) groups excluding carboxylic acids is 1. The van der Waals surface area contributed by atoms with Crippen molar-refractivity contribution in [2.24, 2.45) is 0 Å². The van der Waals surface area contributed by atoms with Crippen LogP contribution in [0.5, 0.6) is 5.75 Å². The smallest absolute Gasteiger partial charge is 0.271 e. The number of non-ortho nitro benzene ring substituents is 1. The van der Waals surface area contributed by atoms with Crippen LogP contribution in [-0.2, 0) is 4.79 Å². The van der Waals surface area contributed by atoms with Gasteiger partial charge in [0.2, 0.25) is 0 Å². The quantitative estimate of drug-likeness (QED) is 0.571. The van der Waals surface area contributed by atoms with Gasteiger partial charge in [0, 0.05) is 17.2 Å². The van der Waals surface area contributed by atoms with Crippen LogP contribution in [0.25, 0.3) is 0 Å². The molecule has 2 aromatic carbocycles. The first-order valence-corrected chi connectivity index (χ1v) is 7.81. The second-order valence-electron chi connectivity index (χ2n) is 4.75. The summed E-state index contributed by atoms with van der Waals surface area (Å²) in [5.41, 5.74) is -0.625. The summed E-state index contributed by atoms with van der Waals surface area (Å²) < 4.78 is 19.7. The zero-order valence-electron chi connectivity index (χ0n) is 12.3. The van der Waals surface area contributed by atoms with E-state index < -0.39 is 22.8 Å². The molecule has 1 unspecified atom stereocenters. The number of nitrogens with zero attached hydrogens (tertiary/aromatic N) is 1. The van der Waals surface area contributed by atoms with E-state index in [-0.39, 0.29) is 11.4 Å². The van der Waals surface area contributed by atoms with Gasteiger partial charge in [0.1, 0.15) is 11.6 Å². The molecule has 2 aromatic rings. The first-order chi connectivity index (χ1) is 11.3. The van der Waals surface area contributed by atoms with Gasteiger partial charge >= 0.3 is 0 Å². The van der Waals surface area contributed by atoms with Gasteiger partial charge in [-0.3, -0.25) is 14.9 Å². The van der Waals surface area contributed by atoms with Crippen molar-refractivity contribution in [3.8, 4) is 5.75 Å². The summed E-state index contributed by atoms with van der Waals surface area (Å²) in [6.07, 6.45) is -0.971. The van der Waals surface area contributed by atoms with E-state index >= 15 is 0 Å². The number of nitrogens with one attached hydrogen (secondary N) is 1. The van der Waals surface area contributed by atoms with Crippen molar-refractivity contribution in [3.05, 3.63) is 61.8 Å². The summed E-state index contributed by atoms with van der Waals surface area (Å²) in [6, 6.07) is 7.63. The van der Waals surface area contributed by atoms with Crippen LogP contribution >= 0.6 is 27.5 Å². The fourth-order valence-corrected chi connectivity index (χ4v) is 2.55. The molecule has 1 amide bonds. The molecule has 0 fully saturated rings. The van der Waals surface area contributed by atoms with Crippen LogP contribution in [0.15, 0.2) is 40.9 Å². The van der Waals surface area contributed by atoms with Gasteiger partial charge in [0.05, 0.1) is 15.1 Å². The number of halogens is 3. The Hall–Kier alpha value is -2.19. The molecule has 1 N–H and O–H groups in total. The number of hydrogen-bond donors (Lipinski definition) is 1. The van der Waals surface area contributed by atoms with Gasteiger partial charge in [-0.05, 0) is 47.1 Å². The Kier molecular flexibility index (Phi) is 5.74. The predicted octanol–water partition coefficient (Wildman–Crippen LogP) is 4.56. The molecule has 2 rings (SSSR count). The maximum absolute atomic E-state index is 13.7. The minimum Gasteiger partial charge on any atom is -0.480 e. The van der Waals surface area contributed by atoms with Gasteiger partial charge in [0.25, 0.3) is 11.6 Å². The van der Waals surface area contributed by atoms with E-state index in [4.69, 9.17) is 16.3 Å². The lowest BCUT2D eigenvalue weighted by Gasteiger charge is -2.16. The molecule has 0 heterocycles. The van der Waals surface area contributed by atoms with Crippen molar-refractivity contribution in [3.63, 3.8) is 0 Å². The van der Waals surface area contributed by atoms with Crippen molar-refractivity contribution >= 4 is 44.8 Å². The number of nitro benzene ring substituents is 1. The lowest BCUT2D eigenvalue weighted by Crippen LogP contribution is -2.30. The third-order valence-corrected chi connectivity index (χ3v) is 3.84. The second kappa shape index (κ2) is 7.59. The van der Waals surface area contributed by atoms with E-state index in [2.05, 4.69) is 21.2 Å². The Balaban J connectivity index is 2.11. The number of benzene rings is 2. The number of anilines is 1. The second-order valence-corrected chi connectivity index (χ2v) is 6.04. The maximum Gasteiger partial charge on any atom is 0.271 e. The molecule has 0 radical (unpaired) electrons. The van der Waals surface area contributed by atoms with E-state index in [0.29, 0.717) is 15.2 Å². The molecule has 0 saturated carbocycles. The van der Waals surface area contributed by atoms with Crippen LogP contribution in [-0.4, -0.2) is 16.9 Å². The van der Waals surface area contributed by atoms with Crippen molar-refractivity contribution in [1.82, 2.24) is 0 Å². The van der Waals surface area contributed by atoms with E-state index in [9.17, 15) is 19.3 Å². The normalized spacial score (nSPS) is 11.7. The van der Waals surface area contributed by atoms with Gasteiger partial charge < -0.3 is 10.1 Å². The summed E-state index contributed by atoms with van der Waals surface area (Å²) >= 11 is 9.07. The number of nitro groups is 1. The first kappa shape index (κ1) is 18.2. The number of carbonyl (C=O) groups is 1. The molecule has 0 aliphatic heterocycles. The lowest BCUT2D eigenvalue weighted by molar-refractivity contribution is -0.384. The van der Waals surface area contributed by atoms with E-state index in [1.165, 1.54) is 6.92 Å². The molecule has 0 aromatic heterocycles.